The summed E-state index contributed by atoms with van der Waals surface area (Å²) < 4.78 is 2.94. The lowest BCUT2D eigenvalue weighted by Crippen LogP contribution is -1.85. The van der Waals surface area contributed by atoms with Gasteiger partial charge in [0.05, 0.1) is 11.2 Å². The molecule has 78 valence electrons. The van der Waals surface area contributed by atoms with E-state index in [0.29, 0.717) is 0 Å². The summed E-state index contributed by atoms with van der Waals surface area (Å²) in [4.78, 5) is 0. The summed E-state index contributed by atoms with van der Waals surface area (Å²) in [5, 5.41) is 4.53. The second kappa shape index (κ2) is 3.76. The van der Waals surface area contributed by atoms with Crippen LogP contribution in [0.2, 0.25) is 0 Å². The van der Waals surface area contributed by atoms with Gasteiger partial charge in [0.25, 0.3) is 0 Å². The van der Waals surface area contributed by atoms with Crippen LogP contribution in [-0.4, -0.2) is 9.61 Å². The van der Waals surface area contributed by atoms with Gasteiger partial charge in [0, 0.05) is 16.2 Å². The Hall–Kier alpha value is -1.61. The molecule has 0 aliphatic carbocycles. The van der Waals surface area contributed by atoms with Crippen molar-refractivity contribution in [3.8, 4) is 11.3 Å². The number of benzene rings is 1. The minimum atomic E-state index is 0.993. The van der Waals surface area contributed by atoms with Crippen LogP contribution in [0.1, 0.15) is 0 Å². The average molecular weight is 273 g/mol. The zero-order chi connectivity index (χ0) is 11.0. The maximum Gasteiger partial charge on any atom is 0.0934 e. The first-order valence-corrected chi connectivity index (χ1v) is 5.83. The van der Waals surface area contributed by atoms with Gasteiger partial charge in [-0.2, -0.15) is 5.10 Å². The van der Waals surface area contributed by atoms with E-state index in [-0.39, 0.29) is 0 Å². The maximum absolute atomic E-state index is 4.53. The molecular weight excluding hydrogens is 264 g/mol. The molecule has 1 aromatic carbocycles. The normalized spacial score (nSPS) is 10.8. The topological polar surface area (TPSA) is 17.3 Å². The predicted octanol–water partition coefficient (Wildman–Crippen LogP) is 3.76. The summed E-state index contributed by atoms with van der Waals surface area (Å²) in [6.45, 7) is 0. The van der Waals surface area contributed by atoms with Gasteiger partial charge < -0.3 is 0 Å². The van der Waals surface area contributed by atoms with E-state index in [1.165, 1.54) is 0 Å². The highest BCUT2D eigenvalue weighted by Crippen LogP contribution is 2.23. The molecule has 0 saturated carbocycles. The average Bonchev–Trinajstić information content (AvgIpc) is 2.76. The first kappa shape index (κ1) is 9.60. The second-order valence-corrected chi connectivity index (χ2v) is 4.44. The Morgan fingerprint density at radius 1 is 1.00 bits per heavy atom. The zero-order valence-electron chi connectivity index (χ0n) is 8.47. The van der Waals surface area contributed by atoms with Crippen LogP contribution in [-0.2, 0) is 0 Å². The van der Waals surface area contributed by atoms with Crippen LogP contribution >= 0.6 is 15.9 Å². The van der Waals surface area contributed by atoms with Crippen LogP contribution < -0.4 is 0 Å². The van der Waals surface area contributed by atoms with E-state index in [4.69, 9.17) is 0 Å². The molecule has 3 heteroatoms. The Labute approximate surface area is 102 Å². The number of fused-ring (bicyclic) bond motifs is 1. The van der Waals surface area contributed by atoms with Gasteiger partial charge >= 0.3 is 0 Å². The van der Waals surface area contributed by atoms with Crippen molar-refractivity contribution in [2.24, 2.45) is 0 Å². The minimum absolute atomic E-state index is 0.993. The standard InChI is InChI=1S/C13H9BrN2/c14-11-7-4-8-16-13(11)9-12(15-16)10-5-2-1-3-6-10/h1-9H. The number of rotatable bonds is 1. The molecule has 2 aromatic heterocycles. The van der Waals surface area contributed by atoms with Gasteiger partial charge in [-0.3, -0.25) is 0 Å². The molecule has 0 bridgehead atoms. The quantitative estimate of drug-likeness (QED) is 0.659. The van der Waals surface area contributed by atoms with E-state index >= 15 is 0 Å². The van der Waals surface area contributed by atoms with Gasteiger partial charge in [0.1, 0.15) is 0 Å². The van der Waals surface area contributed by atoms with Crippen LogP contribution in [0.3, 0.4) is 0 Å². The molecule has 16 heavy (non-hydrogen) atoms. The molecule has 0 aliphatic rings. The third kappa shape index (κ3) is 1.53. The van der Waals surface area contributed by atoms with Crippen LogP contribution in [0, 0.1) is 0 Å². The van der Waals surface area contributed by atoms with E-state index in [1.54, 1.807) is 0 Å². The van der Waals surface area contributed by atoms with Crippen molar-refractivity contribution >= 4 is 21.4 Å². The highest BCUT2D eigenvalue weighted by molar-refractivity contribution is 9.10. The molecule has 0 N–H and O–H groups in total. The van der Waals surface area contributed by atoms with E-state index < -0.39 is 0 Å². The minimum Gasteiger partial charge on any atom is -0.239 e. The van der Waals surface area contributed by atoms with Crippen LogP contribution in [0.5, 0.6) is 0 Å². The van der Waals surface area contributed by atoms with Crippen molar-refractivity contribution in [2.75, 3.05) is 0 Å². The first-order chi connectivity index (χ1) is 7.84. The van der Waals surface area contributed by atoms with Crippen molar-refractivity contribution in [3.63, 3.8) is 0 Å². The van der Waals surface area contributed by atoms with E-state index in [2.05, 4.69) is 39.2 Å². The summed E-state index contributed by atoms with van der Waals surface area (Å²) >= 11 is 3.52. The van der Waals surface area contributed by atoms with Crippen molar-refractivity contribution in [2.45, 2.75) is 0 Å². The van der Waals surface area contributed by atoms with Crippen LogP contribution in [0.15, 0.2) is 59.2 Å². The molecule has 0 unspecified atom stereocenters. The number of nitrogens with zero attached hydrogens (tertiary/aromatic N) is 2. The molecule has 3 rings (SSSR count). The zero-order valence-corrected chi connectivity index (χ0v) is 10.1. The van der Waals surface area contributed by atoms with Gasteiger partial charge in [-0.1, -0.05) is 30.3 Å². The highest BCUT2D eigenvalue weighted by atomic mass is 79.9. The molecule has 0 radical (unpaired) electrons. The second-order valence-electron chi connectivity index (χ2n) is 3.58. The number of pyridine rings is 1. The lowest BCUT2D eigenvalue weighted by Gasteiger charge is -1.93. The molecule has 2 nitrogen and oxygen atoms in total. The Bertz CT molecular complexity index is 629. The van der Waals surface area contributed by atoms with Crippen molar-refractivity contribution in [3.05, 3.63) is 59.2 Å². The maximum atomic E-state index is 4.53. The summed E-state index contributed by atoms with van der Waals surface area (Å²) in [5.74, 6) is 0. The molecule has 0 atom stereocenters. The van der Waals surface area contributed by atoms with Crippen LogP contribution in [0.4, 0.5) is 0 Å². The smallest absolute Gasteiger partial charge is 0.0934 e. The summed E-state index contributed by atoms with van der Waals surface area (Å²) in [6, 6.07) is 16.3. The van der Waals surface area contributed by atoms with Crippen molar-refractivity contribution < 1.29 is 0 Å². The molecular formula is C13H9BrN2. The molecule has 0 fully saturated rings. The van der Waals surface area contributed by atoms with Crippen molar-refractivity contribution in [1.82, 2.24) is 9.61 Å². The number of hydrogen-bond acceptors (Lipinski definition) is 1. The Morgan fingerprint density at radius 3 is 2.56 bits per heavy atom. The Balaban J connectivity index is 2.23. The Kier molecular flexibility index (Phi) is 2.26. The lowest BCUT2D eigenvalue weighted by molar-refractivity contribution is 0.963. The molecule has 0 aliphatic heterocycles. The molecule has 3 aromatic rings. The van der Waals surface area contributed by atoms with Crippen molar-refractivity contribution in [1.29, 1.82) is 0 Å². The van der Waals surface area contributed by atoms with Gasteiger partial charge in [-0.05, 0) is 34.1 Å². The Morgan fingerprint density at radius 2 is 1.81 bits per heavy atom. The van der Waals surface area contributed by atoms with E-state index in [1.807, 2.05) is 41.0 Å². The summed E-state index contributed by atoms with van der Waals surface area (Å²) in [5.41, 5.74) is 3.21. The molecule has 0 saturated heterocycles. The third-order valence-corrected chi connectivity index (χ3v) is 3.19. The van der Waals surface area contributed by atoms with E-state index in [9.17, 15) is 0 Å². The fourth-order valence-corrected chi connectivity index (χ4v) is 2.18. The number of halogens is 1. The van der Waals surface area contributed by atoms with Gasteiger partial charge in [-0.15, -0.1) is 0 Å². The first-order valence-electron chi connectivity index (χ1n) is 5.04. The summed E-state index contributed by atoms with van der Waals surface area (Å²) in [7, 11) is 0. The fourth-order valence-electron chi connectivity index (χ4n) is 1.73. The molecule has 0 spiro atoms. The predicted molar refractivity (Wildman–Crippen MR) is 68.3 cm³/mol. The van der Waals surface area contributed by atoms with Crippen LogP contribution in [0.25, 0.3) is 16.8 Å². The summed E-state index contributed by atoms with van der Waals surface area (Å²) in [6.07, 6.45) is 1.95. The van der Waals surface area contributed by atoms with Gasteiger partial charge in [0.15, 0.2) is 0 Å². The molecule has 2 heterocycles. The highest BCUT2D eigenvalue weighted by Gasteiger charge is 2.05. The SMILES string of the molecule is Brc1cccn2nc(-c3ccccc3)cc12. The van der Waals surface area contributed by atoms with Gasteiger partial charge in [0.2, 0.25) is 0 Å². The largest absolute Gasteiger partial charge is 0.239 e. The lowest BCUT2D eigenvalue weighted by atomic mass is 10.1. The number of hydrogen-bond donors (Lipinski definition) is 0. The van der Waals surface area contributed by atoms with E-state index in [0.717, 1.165) is 21.2 Å². The van der Waals surface area contributed by atoms with Gasteiger partial charge in [-0.25, -0.2) is 4.52 Å². The number of aromatic nitrogens is 2. The fraction of sp³-hybridized carbons (Fsp3) is 0. The monoisotopic (exact) mass is 272 g/mol. The molecule has 0 amide bonds. The third-order valence-electron chi connectivity index (χ3n) is 2.52.